The van der Waals surface area contributed by atoms with E-state index in [-0.39, 0.29) is 62.6 Å². The van der Waals surface area contributed by atoms with E-state index in [0.29, 0.717) is 36.0 Å². The number of nitrogen functional groups attached to an aromatic ring is 1. The molecule has 0 radical (unpaired) electrons. The highest BCUT2D eigenvalue weighted by Crippen LogP contribution is 2.45. The lowest BCUT2D eigenvalue weighted by atomic mass is 9.87. The van der Waals surface area contributed by atoms with Gasteiger partial charge in [-0.1, -0.05) is 26.8 Å². The molecule has 0 spiro atoms. The number of hydrogen-bond donors (Lipinski definition) is 1. The van der Waals surface area contributed by atoms with Crippen molar-refractivity contribution in [2.75, 3.05) is 23.8 Å². The first-order chi connectivity index (χ1) is 19.3. The molecular formula is C29H28F2N6O2S. The number of pyridine rings is 1. The maximum absolute atomic E-state index is 16.7. The number of halogens is 2. The van der Waals surface area contributed by atoms with Crippen LogP contribution in [0.4, 0.5) is 19.7 Å². The van der Waals surface area contributed by atoms with Gasteiger partial charge in [-0.25, -0.2) is 18.7 Å². The Hall–Kier alpha value is -3.72. The van der Waals surface area contributed by atoms with Crippen molar-refractivity contribution in [2.45, 2.75) is 46.4 Å². The van der Waals surface area contributed by atoms with E-state index in [2.05, 4.69) is 30.4 Å². The number of benzene rings is 1. The molecule has 2 N–H and O–H groups in total. The van der Waals surface area contributed by atoms with Crippen molar-refractivity contribution in [3.8, 4) is 17.3 Å². The number of thiophene rings is 1. The molecule has 8 nitrogen and oxygen atoms in total. The average molecular weight is 563 g/mol. The third-order valence-electron chi connectivity index (χ3n) is 8.16. The summed E-state index contributed by atoms with van der Waals surface area (Å²) in [5, 5.41) is 10.7. The summed E-state index contributed by atoms with van der Waals surface area (Å²) in [7, 11) is 0. The molecule has 6 rings (SSSR count). The van der Waals surface area contributed by atoms with Gasteiger partial charge in [0.15, 0.2) is 11.6 Å². The van der Waals surface area contributed by atoms with E-state index in [4.69, 9.17) is 20.2 Å². The van der Waals surface area contributed by atoms with Crippen molar-refractivity contribution in [1.29, 1.82) is 5.26 Å². The van der Waals surface area contributed by atoms with E-state index in [9.17, 15) is 9.65 Å². The number of nitrogens with zero attached hydrogens (tertiary/aromatic N) is 5. The summed E-state index contributed by atoms with van der Waals surface area (Å²) in [5.41, 5.74) is 8.52. The van der Waals surface area contributed by atoms with E-state index in [1.165, 1.54) is 0 Å². The summed E-state index contributed by atoms with van der Waals surface area (Å²) in [4.78, 5) is 15.6. The van der Waals surface area contributed by atoms with Gasteiger partial charge in [0.25, 0.3) is 0 Å². The maximum Gasteiger partial charge on any atom is 0.230 e. The van der Waals surface area contributed by atoms with Crippen LogP contribution >= 0.6 is 11.3 Å². The standard InChI is InChI=1S/C29H28F2N6O2S/c1-5-14(4)17-9-39-12-21(17)37(13(2)3)29-35-7-16-18-10-38-11-19(18)22(24(31)25(16)36-29)26-23-15(6-32)28(33)40-27(23)20(30)8-34-26/h7-8,14,17,21H,2,5,9-12,33H2,1,3-4H3. The highest BCUT2D eigenvalue weighted by Gasteiger charge is 2.38. The van der Waals surface area contributed by atoms with Crippen molar-refractivity contribution in [3.05, 3.63) is 53.0 Å². The largest absolute Gasteiger partial charge is 0.389 e. The summed E-state index contributed by atoms with van der Waals surface area (Å²) in [5.74, 6) is -0.303. The zero-order valence-electron chi connectivity index (χ0n) is 22.4. The van der Waals surface area contributed by atoms with E-state index < -0.39 is 11.6 Å². The fourth-order valence-corrected chi connectivity index (χ4v) is 6.85. The third-order valence-corrected chi connectivity index (χ3v) is 9.19. The van der Waals surface area contributed by atoms with Gasteiger partial charge >= 0.3 is 0 Å². The molecule has 2 aliphatic rings. The first kappa shape index (κ1) is 26.5. The van der Waals surface area contributed by atoms with Crippen molar-refractivity contribution >= 4 is 43.3 Å². The third kappa shape index (κ3) is 3.93. The number of hydrogen-bond acceptors (Lipinski definition) is 9. The Balaban J connectivity index is 1.59. The van der Waals surface area contributed by atoms with Gasteiger partial charge in [-0.3, -0.25) is 4.98 Å². The summed E-state index contributed by atoms with van der Waals surface area (Å²) in [6, 6.07) is 1.99. The number of allylic oxidation sites excluding steroid dienone is 1. The molecule has 0 amide bonds. The average Bonchev–Trinajstić information content (AvgIpc) is 3.68. The maximum atomic E-state index is 16.7. The molecule has 0 aliphatic carbocycles. The second-order valence-corrected chi connectivity index (χ2v) is 11.5. The molecular weight excluding hydrogens is 534 g/mol. The molecule has 1 fully saturated rings. The number of aromatic nitrogens is 3. The van der Waals surface area contributed by atoms with Gasteiger partial charge in [-0.2, -0.15) is 5.26 Å². The molecule has 4 aromatic rings. The molecule has 1 aromatic carbocycles. The molecule has 1 saturated heterocycles. The van der Waals surface area contributed by atoms with E-state index in [0.717, 1.165) is 35.2 Å². The molecule has 3 unspecified atom stereocenters. The summed E-state index contributed by atoms with van der Waals surface area (Å²) in [6.07, 6.45) is 3.65. The lowest BCUT2D eigenvalue weighted by molar-refractivity contribution is 0.135. The predicted molar refractivity (Wildman–Crippen MR) is 151 cm³/mol. The van der Waals surface area contributed by atoms with Crippen LogP contribution in [-0.4, -0.2) is 34.2 Å². The van der Waals surface area contributed by atoms with Gasteiger partial charge < -0.3 is 20.1 Å². The van der Waals surface area contributed by atoms with Gasteiger partial charge in [0.05, 0.1) is 54.6 Å². The number of nitriles is 1. The van der Waals surface area contributed by atoms with Crippen molar-refractivity contribution in [1.82, 2.24) is 15.0 Å². The van der Waals surface area contributed by atoms with Crippen molar-refractivity contribution in [3.63, 3.8) is 0 Å². The van der Waals surface area contributed by atoms with Gasteiger partial charge in [0, 0.05) is 34.1 Å². The van der Waals surface area contributed by atoms with Crippen LogP contribution in [0.3, 0.4) is 0 Å². The molecule has 11 heteroatoms. The predicted octanol–water partition coefficient (Wildman–Crippen LogP) is 6.07. The first-order valence-corrected chi connectivity index (χ1v) is 13.9. The van der Waals surface area contributed by atoms with Crippen LogP contribution in [0.15, 0.2) is 24.7 Å². The minimum Gasteiger partial charge on any atom is -0.389 e. The fraction of sp³-hybridized carbons (Fsp3) is 0.379. The molecule has 0 saturated carbocycles. The topological polar surface area (TPSA) is 110 Å². The van der Waals surface area contributed by atoms with Gasteiger partial charge in [-0.15, -0.1) is 11.3 Å². The lowest BCUT2D eigenvalue weighted by Crippen LogP contribution is -2.42. The Morgan fingerprint density at radius 1 is 1.25 bits per heavy atom. The van der Waals surface area contributed by atoms with Crippen molar-refractivity contribution in [2.24, 2.45) is 11.8 Å². The second-order valence-electron chi connectivity index (χ2n) is 10.4. The molecule has 5 heterocycles. The van der Waals surface area contributed by atoms with Crippen LogP contribution in [0.1, 0.15) is 43.9 Å². The van der Waals surface area contributed by atoms with Crippen molar-refractivity contribution < 1.29 is 18.3 Å². The molecule has 40 heavy (non-hydrogen) atoms. The van der Waals surface area contributed by atoms with E-state index >= 15 is 4.39 Å². The molecule has 3 atom stereocenters. The SMILES string of the molecule is C=C(C)N(c1ncc2c3c(c(-c4ncc(F)c5sc(N)c(C#N)c45)c(F)c2n1)COC3)C1COCC1C(C)CC. The zero-order valence-corrected chi connectivity index (χ0v) is 23.2. The number of anilines is 2. The molecule has 0 bridgehead atoms. The fourth-order valence-electron chi connectivity index (χ4n) is 5.93. The monoisotopic (exact) mass is 562 g/mol. The van der Waals surface area contributed by atoms with Crippen LogP contribution in [0.25, 0.3) is 32.2 Å². The minimum atomic E-state index is -0.639. The number of nitrogens with two attached hydrogens (primary N) is 1. The van der Waals surface area contributed by atoms with Crippen LogP contribution in [0, 0.1) is 34.8 Å². The number of ether oxygens (including phenoxy) is 2. The Kier molecular flexibility index (Phi) is 6.65. The highest BCUT2D eigenvalue weighted by molar-refractivity contribution is 7.23. The molecule has 206 valence electrons. The summed E-state index contributed by atoms with van der Waals surface area (Å²) < 4.78 is 43.2. The smallest absolute Gasteiger partial charge is 0.230 e. The quantitative estimate of drug-likeness (QED) is 0.302. The first-order valence-electron chi connectivity index (χ1n) is 13.1. The van der Waals surface area contributed by atoms with Gasteiger partial charge in [0.2, 0.25) is 5.95 Å². The van der Waals surface area contributed by atoms with Gasteiger partial charge in [0.1, 0.15) is 16.6 Å². The second kappa shape index (κ2) is 10.0. The normalized spacial score (nSPS) is 19.2. The summed E-state index contributed by atoms with van der Waals surface area (Å²) in [6.45, 7) is 11.9. The Bertz CT molecular complexity index is 1730. The van der Waals surface area contributed by atoms with Crippen LogP contribution in [0.2, 0.25) is 0 Å². The zero-order chi connectivity index (χ0) is 28.3. The van der Waals surface area contributed by atoms with Crippen LogP contribution < -0.4 is 10.6 Å². The Morgan fingerprint density at radius 2 is 2.02 bits per heavy atom. The van der Waals surface area contributed by atoms with Crippen LogP contribution in [0.5, 0.6) is 0 Å². The Morgan fingerprint density at radius 3 is 2.75 bits per heavy atom. The minimum absolute atomic E-state index is 0.0458. The Labute approximate surface area is 234 Å². The molecule has 3 aromatic heterocycles. The van der Waals surface area contributed by atoms with E-state index in [1.807, 2.05) is 17.9 Å². The lowest BCUT2D eigenvalue weighted by Gasteiger charge is -2.34. The summed E-state index contributed by atoms with van der Waals surface area (Å²) >= 11 is 0.942. The number of rotatable bonds is 6. The van der Waals surface area contributed by atoms with E-state index in [1.54, 1.807) is 6.20 Å². The van der Waals surface area contributed by atoms with Crippen LogP contribution in [-0.2, 0) is 22.7 Å². The van der Waals surface area contributed by atoms with Gasteiger partial charge in [-0.05, 0) is 24.0 Å². The highest BCUT2D eigenvalue weighted by atomic mass is 32.1. The molecule has 2 aliphatic heterocycles. The number of fused-ring (bicyclic) bond motifs is 4.